The lowest BCUT2D eigenvalue weighted by Crippen LogP contribution is -2.25. The number of hydrogen-bond donors (Lipinski definition) is 0. The number of benzene rings is 1. The summed E-state index contributed by atoms with van der Waals surface area (Å²) in [6.45, 7) is 3.27. The van der Waals surface area contributed by atoms with E-state index in [1.165, 1.54) is 0 Å². The van der Waals surface area contributed by atoms with Crippen LogP contribution in [-0.2, 0) is 13.6 Å². The first-order valence-corrected chi connectivity index (χ1v) is 7.23. The van der Waals surface area contributed by atoms with Gasteiger partial charge in [-0.3, -0.25) is 4.90 Å². The Balaban J connectivity index is 1.84. The van der Waals surface area contributed by atoms with E-state index in [9.17, 15) is 8.78 Å². The monoisotopic (exact) mass is 291 g/mol. The maximum Gasteiger partial charge on any atom is 0.163 e. The fourth-order valence-corrected chi connectivity index (χ4v) is 3.14. The molecule has 1 aromatic carbocycles. The Morgan fingerprint density at radius 1 is 1.33 bits per heavy atom. The zero-order valence-electron chi connectivity index (χ0n) is 12.3. The highest BCUT2D eigenvalue weighted by molar-refractivity contribution is 5.19. The SMILES string of the molecule is Cc1cn(C)c([C@H]2CCCN2Cc2cccc(F)c2F)n1. The average Bonchev–Trinajstić information content (AvgIpc) is 3.01. The van der Waals surface area contributed by atoms with Gasteiger partial charge in [0.2, 0.25) is 0 Å². The molecule has 0 aliphatic carbocycles. The first-order chi connectivity index (χ1) is 10.1. The summed E-state index contributed by atoms with van der Waals surface area (Å²) in [5.74, 6) is -0.517. The van der Waals surface area contributed by atoms with Crippen molar-refractivity contribution in [1.82, 2.24) is 14.5 Å². The Kier molecular flexibility index (Phi) is 3.76. The van der Waals surface area contributed by atoms with Crippen LogP contribution in [0.4, 0.5) is 8.78 Å². The topological polar surface area (TPSA) is 21.1 Å². The maximum absolute atomic E-state index is 13.8. The number of halogens is 2. The second-order valence-electron chi connectivity index (χ2n) is 5.69. The van der Waals surface area contributed by atoms with E-state index in [1.54, 1.807) is 12.1 Å². The van der Waals surface area contributed by atoms with Gasteiger partial charge in [0, 0.05) is 25.4 Å². The van der Waals surface area contributed by atoms with Crippen molar-refractivity contribution in [2.45, 2.75) is 32.4 Å². The highest BCUT2D eigenvalue weighted by atomic mass is 19.2. The number of rotatable bonds is 3. The molecule has 3 rings (SSSR count). The summed E-state index contributed by atoms with van der Waals surface area (Å²) in [7, 11) is 1.98. The molecule has 2 aromatic rings. The Labute approximate surface area is 123 Å². The summed E-state index contributed by atoms with van der Waals surface area (Å²) in [4.78, 5) is 6.76. The molecule has 1 aromatic heterocycles. The smallest absolute Gasteiger partial charge is 0.163 e. The van der Waals surface area contributed by atoms with Crippen molar-refractivity contribution in [3.05, 3.63) is 53.1 Å². The standard InChI is InChI=1S/C16H19F2N3/c1-11-9-20(2)16(19-11)14-7-4-8-21(14)10-12-5-3-6-13(17)15(12)18/h3,5-6,9,14H,4,7-8,10H2,1-2H3/t14-/m1/s1. The van der Waals surface area contributed by atoms with E-state index in [1.807, 2.05) is 24.7 Å². The van der Waals surface area contributed by atoms with Crippen LogP contribution in [0.2, 0.25) is 0 Å². The summed E-state index contributed by atoms with van der Waals surface area (Å²) < 4.78 is 29.2. The van der Waals surface area contributed by atoms with Crippen molar-refractivity contribution in [3.8, 4) is 0 Å². The molecule has 0 spiro atoms. The number of hydrogen-bond acceptors (Lipinski definition) is 2. The predicted molar refractivity (Wildman–Crippen MR) is 76.7 cm³/mol. The highest BCUT2D eigenvalue weighted by Crippen LogP contribution is 2.32. The zero-order valence-corrected chi connectivity index (χ0v) is 12.3. The van der Waals surface area contributed by atoms with Gasteiger partial charge in [0.25, 0.3) is 0 Å². The Morgan fingerprint density at radius 2 is 2.14 bits per heavy atom. The van der Waals surface area contributed by atoms with E-state index >= 15 is 0 Å². The summed E-state index contributed by atoms with van der Waals surface area (Å²) in [5.41, 5.74) is 1.39. The van der Waals surface area contributed by atoms with Gasteiger partial charge in [0.05, 0.1) is 11.7 Å². The van der Waals surface area contributed by atoms with E-state index in [4.69, 9.17) is 0 Å². The quantitative estimate of drug-likeness (QED) is 0.865. The first-order valence-electron chi connectivity index (χ1n) is 7.23. The van der Waals surface area contributed by atoms with Crippen LogP contribution >= 0.6 is 0 Å². The molecule has 1 atom stereocenters. The third kappa shape index (κ3) is 2.70. The van der Waals surface area contributed by atoms with Gasteiger partial charge in [0.15, 0.2) is 11.6 Å². The van der Waals surface area contributed by atoms with Crippen LogP contribution in [-0.4, -0.2) is 21.0 Å². The molecule has 1 aliphatic heterocycles. The van der Waals surface area contributed by atoms with Gasteiger partial charge in [0.1, 0.15) is 5.82 Å². The minimum atomic E-state index is -0.781. The lowest BCUT2D eigenvalue weighted by Gasteiger charge is -2.24. The molecule has 5 heteroatoms. The molecule has 112 valence electrons. The van der Waals surface area contributed by atoms with Gasteiger partial charge >= 0.3 is 0 Å². The molecule has 1 saturated heterocycles. The third-order valence-electron chi connectivity index (χ3n) is 4.10. The van der Waals surface area contributed by atoms with Gasteiger partial charge in [-0.1, -0.05) is 12.1 Å². The number of imidazole rings is 1. The summed E-state index contributed by atoms with van der Waals surface area (Å²) in [6, 6.07) is 4.54. The number of nitrogens with zero attached hydrogens (tertiary/aromatic N) is 3. The predicted octanol–water partition coefficient (Wildman–Crippen LogP) is 3.34. The Bertz CT molecular complexity index is 651. The molecule has 0 saturated carbocycles. The third-order valence-corrected chi connectivity index (χ3v) is 4.10. The molecule has 1 aliphatic rings. The summed E-state index contributed by atoms with van der Waals surface area (Å²) in [5, 5.41) is 0. The molecule has 2 heterocycles. The average molecular weight is 291 g/mol. The molecule has 1 fully saturated rings. The van der Waals surface area contributed by atoms with Gasteiger partial charge in [-0.2, -0.15) is 0 Å². The maximum atomic E-state index is 13.8. The van der Waals surface area contributed by atoms with Crippen LogP contribution in [0, 0.1) is 18.6 Å². The van der Waals surface area contributed by atoms with Gasteiger partial charge < -0.3 is 4.57 Å². The fourth-order valence-electron chi connectivity index (χ4n) is 3.14. The van der Waals surface area contributed by atoms with Gasteiger partial charge in [-0.15, -0.1) is 0 Å². The molecule has 0 unspecified atom stereocenters. The molecule has 21 heavy (non-hydrogen) atoms. The lowest BCUT2D eigenvalue weighted by molar-refractivity contribution is 0.232. The molecule has 0 radical (unpaired) electrons. The van der Waals surface area contributed by atoms with Gasteiger partial charge in [-0.05, 0) is 32.4 Å². The van der Waals surface area contributed by atoms with Crippen molar-refractivity contribution in [3.63, 3.8) is 0 Å². The molecule has 0 bridgehead atoms. The van der Waals surface area contributed by atoms with Crippen molar-refractivity contribution in [2.75, 3.05) is 6.54 Å². The second kappa shape index (κ2) is 5.56. The van der Waals surface area contributed by atoms with E-state index in [-0.39, 0.29) is 6.04 Å². The fraction of sp³-hybridized carbons (Fsp3) is 0.438. The van der Waals surface area contributed by atoms with Gasteiger partial charge in [-0.25, -0.2) is 13.8 Å². The molecule has 0 N–H and O–H groups in total. The molecule has 0 amide bonds. The van der Waals surface area contributed by atoms with Crippen LogP contribution in [0.5, 0.6) is 0 Å². The Morgan fingerprint density at radius 3 is 2.86 bits per heavy atom. The minimum Gasteiger partial charge on any atom is -0.336 e. The number of likely N-dealkylation sites (tertiary alicyclic amines) is 1. The zero-order chi connectivity index (χ0) is 15.0. The number of aromatic nitrogens is 2. The Hall–Kier alpha value is -1.75. The highest BCUT2D eigenvalue weighted by Gasteiger charge is 2.29. The van der Waals surface area contributed by atoms with E-state index < -0.39 is 11.6 Å². The lowest BCUT2D eigenvalue weighted by atomic mass is 10.1. The molecular formula is C16H19F2N3. The van der Waals surface area contributed by atoms with E-state index in [2.05, 4.69) is 9.88 Å². The molecule has 3 nitrogen and oxygen atoms in total. The summed E-state index contributed by atoms with van der Waals surface area (Å²) >= 11 is 0. The second-order valence-corrected chi connectivity index (χ2v) is 5.69. The van der Waals surface area contributed by atoms with Crippen LogP contribution in [0.25, 0.3) is 0 Å². The van der Waals surface area contributed by atoms with Crippen LogP contribution in [0.1, 0.15) is 36.0 Å². The summed E-state index contributed by atoms with van der Waals surface area (Å²) in [6.07, 6.45) is 4.04. The normalized spacial score (nSPS) is 19.3. The van der Waals surface area contributed by atoms with Crippen LogP contribution in [0.3, 0.4) is 0 Å². The van der Waals surface area contributed by atoms with E-state index in [0.29, 0.717) is 12.1 Å². The number of aryl methyl sites for hydroxylation is 2. The molecular weight excluding hydrogens is 272 g/mol. The van der Waals surface area contributed by atoms with Crippen molar-refractivity contribution >= 4 is 0 Å². The van der Waals surface area contributed by atoms with Crippen molar-refractivity contribution in [2.24, 2.45) is 7.05 Å². The first kappa shape index (κ1) is 14.2. The van der Waals surface area contributed by atoms with Crippen LogP contribution in [0.15, 0.2) is 24.4 Å². The minimum absolute atomic E-state index is 0.173. The van der Waals surface area contributed by atoms with E-state index in [0.717, 1.165) is 37.0 Å². The largest absolute Gasteiger partial charge is 0.336 e. The van der Waals surface area contributed by atoms with Crippen molar-refractivity contribution in [1.29, 1.82) is 0 Å². The van der Waals surface area contributed by atoms with Crippen LogP contribution < -0.4 is 0 Å². The van der Waals surface area contributed by atoms with Crippen molar-refractivity contribution < 1.29 is 8.78 Å².